The minimum atomic E-state index is -1.83. The van der Waals surface area contributed by atoms with E-state index in [4.69, 9.17) is 4.43 Å². The zero-order valence-corrected chi connectivity index (χ0v) is 20.0. The van der Waals surface area contributed by atoms with Crippen molar-refractivity contribution in [3.8, 4) is 0 Å². The molecule has 1 aliphatic rings. The number of hydrogen-bond donors (Lipinski definition) is 1. The summed E-state index contributed by atoms with van der Waals surface area (Å²) in [6, 6.07) is 20.7. The lowest BCUT2D eigenvalue weighted by molar-refractivity contribution is -0.124. The average Bonchev–Trinajstić information content (AvgIpc) is 3.07. The van der Waals surface area contributed by atoms with E-state index in [1.54, 1.807) is 0 Å². The Morgan fingerprint density at radius 2 is 1.47 bits per heavy atom. The van der Waals surface area contributed by atoms with Gasteiger partial charge in [0, 0.05) is 13.1 Å². The molecule has 0 radical (unpaired) electrons. The van der Waals surface area contributed by atoms with Gasteiger partial charge in [0.15, 0.2) is 8.32 Å². The zero-order chi connectivity index (χ0) is 21.8. The van der Waals surface area contributed by atoms with Gasteiger partial charge in [-0.25, -0.2) is 0 Å². The third kappa shape index (κ3) is 5.81. The third-order valence-electron chi connectivity index (χ3n) is 6.51. The molecule has 1 aliphatic heterocycles. The molecule has 0 spiro atoms. The van der Waals surface area contributed by atoms with E-state index in [1.165, 1.54) is 11.1 Å². The van der Waals surface area contributed by atoms with Gasteiger partial charge in [0.25, 0.3) is 0 Å². The number of benzene rings is 2. The molecule has 0 unspecified atom stereocenters. The van der Waals surface area contributed by atoms with E-state index in [2.05, 4.69) is 92.6 Å². The summed E-state index contributed by atoms with van der Waals surface area (Å²) in [5.74, 6) is 0.116. The maximum atomic E-state index is 12.9. The summed E-state index contributed by atoms with van der Waals surface area (Å²) >= 11 is 0. The molecular weight excluding hydrogens is 388 g/mol. The SMILES string of the molecule is CC(C)(C)[Si](C)(C)OC[C@@H]1C[C@@H](N(Cc2ccccc2)Cc2ccccc2)C(=O)N1. The first kappa shape index (κ1) is 22.7. The summed E-state index contributed by atoms with van der Waals surface area (Å²) in [7, 11) is -1.83. The van der Waals surface area contributed by atoms with Gasteiger partial charge >= 0.3 is 0 Å². The monoisotopic (exact) mass is 424 g/mol. The van der Waals surface area contributed by atoms with E-state index in [1.807, 2.05) is 12.1 Å². The molecule has 0 saturated carbocycles. The zero-order valence-electron chi connectivity index (χ0n) is 19.0. The van der Waals surface area contributed by atoms with E-state index >= 15 is 0 Å². The molecule has 2 aromatic carbocycles. The molecule has 1 heterocycles. The molecule has 30 heavy (non-hydrogen) atoms. The fourth-order valence-electron chi connectivity index (χ4n) is 3.60. The Kier molecular flexibility index (Phi) is 7.16. The quantitative estimate of drug-likeness (QED) is 0.609. The first-order valence-electron chi connectivity index (χ1n) is 10.9. The highest BCUT2D eigenvalue weighted by Gasteiger charge is 2.40. The summed E-state index contributed by atoms with van der Waals surface area (Å²) in [6.45, 7) is 13.4. The Bertz CT molecular complexity index is 777. The van der Waals surface area contributed by atoms with Crippen LogP contribution in [0.1, 0.15) is 38.3 Å². The highest BCUT2D eigenvalue weighted by Crippen LogP contribution is 2.36. The van der Waals surface area contributed by atoms with E-state index in [-0.39, 0.29) is 23.0 Å². The number of amides is 1. The number of carbonyl (C=O) groups is 1. The van der Waals surface area contributed by atoms with Crippen molar-refractivity contribution in [2.45, 2.75) is 70.5 Å². The van der Waals surface area contributed by atoms with Crippen molar-refractivity contribution in [2.75, 3.05) is 6.61 Å². The molecule has 0 aromatic heterocycles. The molecule has 0 aliphatic carbocycles. The normalized spacial score (nSPS) is 19.9. The van der Waals surface area contributed by atoms with Gasteiger partial charge in [0.2, 0.25) is 5.91 Å². The van der Waals surface area contributed by atoms with Crippen molar-refractivity contribution in [3.05, 3.63) is 71.8 Å². The number of nitrogens with zero attached hydrogens (tertiary/aromatic N) is 1. The van der Waals surface area contributed by atoms with Crippen LogP contribution in [0.3, 0.4) is 0 Å². The van der Waals surface area contributed by atoms with Gasteiger partial charge in [-0.3, -0.25) is 9.69 Å². The second kappa shape index (κ2) is 9.46. The van der Waals surface area contributed by atoms with Crippen LogP contribution in [0.5, 0.6) is 0 Å². The topological polar surface area (TPSA) is 41.6 Å². The number of nitrogens with one attached hydrogen (secondary N) is 1. The van der Waals surface area contributed by atoms with Crippen molar-refractivity contribution in [2.24, 2.45) is 0 Å². The van der Waals surface area contributed by atoms with Gasteiger partial charge in [-0.15, -0.1) is 0 Å². The van der Waals surface area contributed by atoms with Crippen LogP contribution in [0.4, 0.5) is 0 Å². The second-order valence-corrected chi connectivity index (χ2v) is 14.7. The molecule has 1 saturated heterocycles. The van der Waals surface area contributed by atoms with E-state index in [0.29, 0.717) is 6.61 Å². The molecule has 4 nitrogen and oxygen atoms in total. The van der Waals surface area contributed by atoms with Crippen LogP contribution in [0.15, 0.2) is 60.7 Å². The summed E-state index contributed by atoms with van der Waals surface area (Å²) in [5.41, 5.74) is 2.45. The summed E-state index contributed by atoms with van der Waals surface area (Å²) in [6.07, 6.45) is 0.785. The Labute approximate surface area is 182 Å². The lowest BCUT2D eigenvalue weighted by Crippen LogP contribution is -2.44. The minimum Gasteiger partial charge on any atom is -0.415 e. The van der Waals surface area contributed by atoms with Gasteiger partial charge in [-0.05, 0) is 35.7 Å². The molecule has 1 fully saturated rings. The maximum Gasteiger partial charge on any atom is 0.237 e. The lowest BCUT2D eigenvalue weighted by Gasteiger charge is -2.37. The number of rotatable bonds is 8. The molecule has 0 bridgehead atoms. The first-order valence-corrected chi connectivity index (χ1v) is 13.8. The van der Waals surface area contributed by atoms with E-state index in [0.717, 1.165) is 19.5 Å². The standard InChI is InChI=1S/C25H36N2O2Si/c1-25(2,3)30(4,5)29-19-22-16-23(24(28)26-22)27(17-20-12-8-6-9-13-20)18-21-14-10-7-11-15-21/h6-15,22-23H,16-19H2,1-5H3,(H,26,28)/t22-,23+/m0/s1. The van der Waals surface area contributed by atoms with Crippen molar-refractivity contribution in [3.63, 3.8) is 0 Å². The van der Waals surface area contributed by atoms with Crippen LogP contribution < -0.4 is 5.32 Å². The van der Waals surface area contributed by atoms with Gasteiger partial charge < -0.3 is 9.74 Å². The predicted molar refractivity (Wildman–Crippen MR) is 126 cm³/mol. The largest absolute Gasteiger partial charge is 0.415 e. The molecule has 5 heteroatoms. The molecule has 162 valence electrons. The average molecular weight is 425 g/mol. The lowest BCUT2D eigenvalue weighted by atomic mass is 10.1. The number of hydrogen-bond acceptors (Lipinski definition) is 3. The minimum absolute atomic E-state index is 0.0747. The van der Waals surface area contributed by atoms with Crippen LogP contribution >= 0.6 is 0 Å². The molecular formula is C25H36N2O2Si. The highest BCUT2D eigenvalue weighted by molar-refractivity contribution is 6.74. The third-order valence-corrected chi connectivity index (χ3v) is 11.0. The van der Waals surface area contributed by atoms with Gasteiger partial charge in [-0.1, -0.05) is 81.4 Å². The molecule has 2 aromatic rings. The van der Waals surface area contributed by atoms with E-state index in [9.17, 15) is 4.79 Å². The summed E-state index contributed by atoms with van der Waals surface area (Å²) in [5, 5.41) is 3.36. The van der Waals surface area contributed by atoms with E-state index < -0.39 is 8.32 Å². The van der Waals surface area contributed by atoms with Crippen molar-refractivity contribution >= 4 is 14.2 Å². The van der Waals surface area contributed by atoms with Crippen LogP contribution in [-0.2, 0) is 22.3 Å². The van der Waals surface area contributed by atoms with Crippen LogP contribution in [0.2, 0.25) is 18.1 Å². The first-order chi connectivity index (χ1) is 14.2. The van der Waals surface area contributed by atoms with Crippen LogP contribution in [0.25, 0.3) is 0 Å². The van der Waals surface area contributed by atoms with Crippen LogP contribution in [-0.4, -0.2) is 37.8 Å². The number of carbonyl (C=O) groups excluding carboxylic acids is 1. The van der Waals surface area contributed by atoms with Crippen LogP contribution in [0, 0.1) is 0 Å². The molecule has 2 atom stereocenters. The van der Waals surface area contributed by atoms with Gasteiger partial charge in [-0.2, -0.15) is 0 Å². The Hall–Kier alpha value is -1.95. The maximum absolute atomic E-state index is 12.9. The smallest absolute Gasteiger partial charge is 0.237 e. The summed E-state index contributed by atoms with van der Waals surface area (Å²) in [4.78, 5) is 15.2. The fourth-order valence-corrected chi connectivity index (χ4v) is 4.65. The highest BCUT2D eigenvalue weighted by atomic mass is 28.4. The predicted octanol–water partition coefficient (Wildman–Crippen LogP) is 4.97. The Morgan fingerprint density at radius 3 is 1.93 bits per heavy atom. The molecule has 1 amide bonds. The Morgan fingerprint density at radius 1 is 0.967 bits per heavy atom. The fraction of sp³-hybridized carbons (Fsp3) is 0.480. The summed E-state index contributed by atoms with van der Waals surface area (Å²) < 4.78 is 6.40. The van der Waals surface area contributed by atoms with Crippen molar-refractivity contribution in [1.29, 1.82) is 0 Å². The molecule has 3 rings (SSSR count). The van der Waals surface area contributed by atoms with Crippen molar-refractivity contribution < 1.29 is 9.22 Å². The van der Waals surface area contributed by atoms with Gasteiger partial charge in [0.05, 0.1) is 18.7 Å². The van der Waals surface area contributed by atoms with Gasteiger partial charge in [0.1, 0.15) is 0 Å². The Balaban J connectivity index is 1.70. The molecule has 1 N–H and O–H groups in total. The second-order valence-electron chi connectivity index (χ2n) is 9.90. The van der Waals surface area contributed by atoms with Crippen molar-refractivity contribution in [1.82, 2.24) is 10.2 Å².